The van der Waals surface area contributed by atoms with Crippen molar-refractivity contribution in [3.63, 3.8) is 0 Å². The summed E-state index contributed by atoms with van der Waals surface area (Å²) in [5.41, 5.74) is 2.99. The molecule has 2 N–H and O–H groups in total. The van der Waals surface area contributed by atoms with Crippen LogP contribution in [0.15, 0.2) is 24.3 Å². The molecule has 1 atom stereocenters. The molecule has 98 valence electrons. The van der Waals surface area contributed by atoms with Gasteiger partial charge in [-0.05, 0) is 44.5 Å². The number of carboxylic acids is 1. The highest BCUT2D eigenvalue weighted by atomic mass is 16.4. The SMILES string of the molecule is Cc1ccc2nc(C3CCCN3)cc(C(=O)O)c2c1. The zero-order valence-corrected chi connectivity index (χ0v) is 10.8. The lowest BCUT2D eigenvalue weighted by Crippen LogP contribution is -2.15. The molecule has 2 heterocycles. The Morgan fingerprint density at radius 3 is 2.95 bits per heavy atom. The minimum Gasteiger partial charge on any atom is -0.478 e. The fraction of sp³-hybridized carbons (Fsp3) is 0.333. The van der Waals surface area contributed by atoms with Crippen LogP contribution in [0.5, 0.6) is 0 Å². The van der Waals surface area contributed by atoms with E-state index in [4.69, 9.17) is 0 Å². The Balaban J connectivity index is 2.21. The largest absolute Gasteiger partial charge is 0.478 e. The highest BCUT2D eigenvalue weighted by Gasteiger charge is 2.20. The number of aromatic carboxylic acids is 1. The van der Waals surface area contributed by atoms with E-state index in [1.54, 1.807) is 6.07 Å². The van der Waals surface area contributed by atoms with Crippen LogP contribution in [0.4, 0.5) is 0 Å². The molecular formula is C15H16N2O2. The van der Waals surface area contributed by atoms with Gasteiger partial charge in [-0.2, -0.15) is 0 Å². The fourth-order valence-corrected chi connectivity index (χ4v) is 2.65. The summed E-state index contributed by atoms with van der Waals surface area (Å²) in [6, 6.07) is 7.65. The number of aryl methyl sites for hydroxylation is 1. The number of hydrogen-bond donors (Lipinski definition) is 2. The molecule has 4 nitrogen and oxygen atoms in total. The number of carbonyl (C=O) groups is 1. The summed E-state index contributed by atoms with van der Waals surface area (Å²) in [5, 5.41) is 13.5. The summed E-state index contributed by atoms with van der Waals surface area (Å²) < 4.78 is 0. The van der Waals surface area contributed by atoms with Gasteiger partial charge in [0.2, 0.25) is 0 Å². The van der Waals surface area contributed by atoms with E-state index in [0.717, 1.165) is 36.2 Å². The van der Waals surface area contributed by atoms with Crippen molar-refractivity contribution in [3.8, 4) is 0 Å². The van der Waals surface area contributed by atoms with Crippen LogP contribution in [0.2, 0.25) is 0 Å². The fourth-order valence-electron chi connectivity index (χ4n) is 2.65. The third kappa shape index (κ3) is 2.19. The molecule has 1 aromatic heterocycles. The number of rotatable bonds is 2. The second kappa shape index (κ2) is 4.63. The van der Waals surface area contributed by atoms with E-state index in [0.29, 0.717) is 10.9 Å². The molecule has 1 saturated heterocycles. The zero-order valence-electron chi connectivity index (χ0n) is 10.8. The average molecular weight is 256 g/mol. The standard InChI is InChI=1S/C15H16N2O2/c1-9-4-5-12-10(7-9)11(15(18)19)8-14(17-12)13-3-2-6-16-13/h4-5,7-8,13,16H,2-3,6H2,1H3,(H,18,19). The molecule has 0 aliphatic carbocycles. The minimum atomic E-state index is -0.891. The van der Waals surface area contributed by atoms with Crippen LogP contribution in [0, 0.1) is 6.92 Å². The van der Waals surface area contributed by atoms with Crippen molar-refractivity contribution >= 4 is 16.9 Å². The molecule has 1 aliphatic heterocycles. The Kier molecular flexibility index (Phi) is 2.95. The summed E-state index contributed by atoms with van der Waals surface area (Å²) in [6.45, 7) is 2.93. The maximum Gasteiger partial charge on any atom is 0.336 e. The van der Waals surface area contributed by atoms with Crippen molar-refractivity contribution in [2.45, 2.75) is 25.8 Å². The smallest absolute Gasteiger partial charge is 0.336 e. The van der Waals surface area contributed by atoms with Crippen LogP contribution in [0.3, 0.4) is 0 Å². The summed E-state index contributed by atoms with van der Waals surface area (Å²) in [4.78, 5) is 16.1. The minimum absolute atomic E-state index is 0.184. The summed E-state index contributed by atoms with van der Waals surface area (Å²) in [5.74, 6) is -0.891. The van der Waals surface area contributed by atoms with Crippen molar-refractivity contribution in [1.29, 1.82) is 0 Å². The van der Waals surface area contributed by atoms with Crippen LogP contribution in [-0.4, -0.2) is 22.6 Å². The molecule has 4 heteroatoms. The van der Waals surface area contributed by atoms with Crippen LogP contribution < -0.4 is 5.32 Å². The maximum atomic E-state index is 11.4. The van der Waals surface area contributed by atoms with Crippen molar-refractivity contribution in [1.82, 2.24) is 10.3 Å². The highest BCUT2D eigenvalue weighted by Crippen LogP contribution is 2.26. The van der Waals surface area contributed by atoms with E-state index >= 15 is 0 Å². The topological polar surface area (TPSA) is 62.2 Å². The molecular weight excluding hydrogens is 240 g/mol. The van der Waals surface area contributed by atoms with Crippen LogP contribution >= 0.6 is 0 Å². The Hall–Kier alpha value is -1.94. The summed E-state index contributed by atoms with van der Waals surface area (Å²) in [6.07, 6.45) is 2.13. The second-order valence-corrected chi connectivity index (χ2v) is 5.07. The summed E-state index contributed by atoms with van der Waals surface area (Å²) >= 11 is 0. The number of nitrogens with zero attached hydrogens (tertiary/aromatic N) is 1. The van der Waals surface area contributed by atoms with Gasteiger partial charge in [0.15, 0.2) is 0 Å². The Labute approximate surface area is 111 Å². The number of nitrogens with one attached hydrogen (secondary N) is 1. The lowest BCUT2D eigenvalue weighted by Gasteiger charge is -2.12. The van der Waals surface area contributed by atoms with Gasteiger partial charge in [0.05, 0.1) is 16.8 Å². The highest BCUT2D eigenvalue weighted by molar-refractivity contribution is 6.02. The lowest BCUT2D eigenvalue weighted by atomic mass is 10.0. The predicted molar refractivity (Wildman–Crippen MR) is 73.4 cm³/mol. The van der Waals surface area contributed by atoms with E-state index in [1.165, 1.54) is 0 Å². The van der Waals surface area contributed by atoms with Crippen molar-refractivity contribution in [2.24, 2.45) is 0 Å². The molecule has 0 spiro atoms. The molecule has 1 aliphatic rings. The zero-order chi connectivity index (χ0) is 13.4. The molecule has 0 radical (unpaired) electrons. The monoisotopic (exact) mass is 256 g/mol. The quantitative estimate of drug-likeness (QED) is 0.867. The first-order valence-electron chi connectivity index (χ1n) is 6.53. The molecule has 0 bridgehead atoms. The number of hydrogen-bond acceptors (Lipinski definition) is 3. The Morgan fingerprint density at radius 2 is 2.26 bits per heavy atom. The number of benzene rings is 1. The van der Waals surface area contributed by atoms with Crippen molar-refractivity contribution in [3.05, 3.63) is 41.1 Å². The van der Waals surface area contributed by atoms with E-state index in [2.05, 4.69) is 10.3 Å². The molecule has 1 aromatic carbocycles. The van der Waals surface area contributed by atoms with Crippen LogP contribution in [0.1, 0.15) is 40.5 Å². The number of carboxylic acid groups (broad SMARTS) is 1. The first kappa shape index (κ1) is 12.1. The molecule has 1 fully saturated rings. The molecule has 3 rings (SSSR count). The van der Waals surface area contributed by atoms with E-state index in [-0.39, 0.29) is 6.04 Å². The molecule has 19 heavy (non-hydrogen) atoms. The maximum absolute atomic E-state index is 11.4. The predicted octanol–water partition coefficient (Wildman–Crippen LogP) is 2.67. The van der Waals surface area contributed by atoms with Crippen LogP contribution in [0.25, 0.3) is 10.9 Å². The third-order valence-corrected chi connectivity index (χ3v) is 3.63. The van der Waals surface area contributed by atoms with E-state index in [1.807, 2.05) is 25.1 Å². The number of pyridine rings is 1. The van der Waals surface area contributed by atoms with Crippen molar-refractivity contribution < 1.29 is 9.90 Å². The lowest BCUT2D eigenvalue weighted by molar-refractivity contribution is 0.0699. The summed E-state index contributed by atoms with van der Waals surface area (Å²) in [7, 11) is 0. The van der Waals surface area contributed by atoms with Gasteiger partial charge >= 0.3 is 5.97 Å². The van der Waals surface area contributed by atoms with Gasteiger partial charge in [-0.15, -0.1) is 0 Å². The molecule has 2 aromatic rings. The van der Waals surface area contributed by atoms with Gasteiger partial charge < -0.3 is 10.4 Å². The first-order valence-corrected chi connectivity index (χ1v) is 6.53. The Morgan fingerprint density at radius 1 is 1.42 bits per heavy atom. The van der Waals surface area contributed by atoms with Gasteiger partial charge in [0, 0.05) is 11.4 Å². The number of fused-ring (bicyclic) bond motifs is 1. The van der Waals surface area contributed by atoms with Crippen molar-refractivity contribution in [2.75, 3.05) is 6.54 Å². The van der Waals surface area contributed by atoms with Gasteiger partial charge in [-0.1, -0.05) is 11.6 Å². The van der Waals surface area contributed by atoms with Gasteiger partial charge in [0.25, 0.3) is 0 Å². The van der Waals surface area contributed by atoms with Gasteiger partial charge in [0.1, 0.15) is 0 Å². The second-order valence-electron chi connectivity index (χ2n) is 5.07. The molecule has 1 unspecified atom stereocenters. The van der Waals surface area contributed by atoms with Gasteiger partial charge in [-0.3, -0.25) is 4.98 Å². The number of aromatic nitrogens is 1. The molecule has 0 amide bonds. The first-order chi connectivity index (χ1) is 9.15. The van der Waals surface area contributed by atoms with E-state index < -0.39 is 5.97 Å². The van der Waals surface area contributed by atoms with Gasteiger partial charge in [-0.25, -0.2) is 4.79 Å². The third-order valence-electron chi connectivity index (χ3n) is 3.63. The Bertz CT molecular complexity index is 646. The molecule has 0 saturated carbocycles. The van der Waals surface area contributed by atoms with E-state index in [9.17, 15) is 9.90 Å². The normalized spacial score (nSPS) is 18.9. The average Bonchev–Trinajstić information content (AvgIpc) is 2.91. The van der Waals surface area contributed by atoms with Crippen LogP contribution in [-0.2, 0) is 0 Å².